The van der Waals surface area contributed by atoms with Gasteiger partial charge in [-0.2, -0.15) is 0 Å². The molecule has 4 rings (SSSR count). The summed E-state index contributed by atoms with van der Waals surface area (Å²) in [7, 11) is 0. The van der Waals surface area contributed by atoms with Gasteiger partial charge < -0.3 is 4.74 Å². The number of hydrogen-bond donors (Lipinski definition) is 0. The molecule has 1 aliphatic carbocycles. The van der Waals surface area contributed by atoms with Gasteiger partial charge in [-0.05, 0) is 93.5 Å². The van der Waals surface area contributed by atoms with Crippen LogP contribution in [0.3, 0.4) is 0 Å². The maximum atomic E-state index is 12.3. The van der Waals surface area contributed by atoms with Crippen LogP contribution in [0.4, 0.5) is 0 Å². The van der Waals surface area contributed by atoms with Gasteiger partial charge in [0.05, 0.1) is 12.2 Å². The number of benzene rings is 1. The second-order valence-electron chi connectivity index (χ2n) is 9.07. The van der Waals surface area contributed by atoms with Gasteiger partial charge in [0.1, 0.15) is 0 Å². The normalized spacial score (nSPS) is 31.1. The van der Waals surface area contributed by atoms with Crippen LogP contribution in [0.1, 0.15) is 68.1 Å². The number of terminal acetylenes is 1. The van der Waals surface area contributed by atoms with E-state index in [1.165, 1.54) is 44.9 Å². The van der Waals surface area contributed by atoms with E-state index >= 15 is 0 Å². The van der Waals surface area contributed by atoms with Crippen LogP contribution in [0.25, 0.3) is 0 Å². The predicted octanol–water partition coefficient (Wildman–Crippen LogP) is 5.99. The molecule has 2 saturated heterocycles. The van der Waals surface area contributed by atoms with Crippen molar-refractivity contribution in [3.05, 3.63) is 46.5 Å². The summed E-state index contributed by atoms with van der Waals surface area (Å²) in [6.45, 7) is 0.508. The lowest BCUT2D eigenvalue weighted by molar-refractivity contribution is -0.0182. The molecule has 1 saturated carbocycles. The molecule has 2 heterocycles. The molecule has 1 aromatic rings. The molecule has 2 aliphatic heterocycles. The van der Waals surface area contributed by atoms with Gasteiger partial charge in [-0.25, -0.2) is 4.79 Å². The van der Waals surface area contributed by atoms with Crippen molar-refractivity contribution in [3.63, 3.8) is 0 Å². The Kier molecular flexibility index (Phi) is 7.33. The number of halogens is 1. The Morgan fingerprint density at radius 2 is 1.97 bits per heavy atom. The van der Waals surface area contributed by atoms with Crippen molar-refractivity contribution in [1.82, 2.24) is 4.90 Å². The van der Waals surface area contributed by atoms with Gasteiger partial charge in [0.2, 0.25) is 0 Å². The molecule has 3 fully saturated rings. The molecule has 3 nitrogen and oxygen atoms in total. The van der Waals surface area contributed by atoms with Crippen LogP contribution < -0.4 is 0 Å². The zero-order valence-electron chi connectivity index (χ0n) is 17.6. The van der Waals surface area contributed by atoms with E-state index in [0.29, 0.717) is 24.3 Å². The fourth-order valence-corrected chi connectivity index (χ4v) is 6.45. The largest absolute Gasteiger partial charge is 0.462 e. The highest BCUT2D eigenvalue weighted by atomic mass is 79.9. The number of rotatable bonds is 6. The molecule has 0 radical (unpaired) electrons. The monoisotopic (exact) mass is 469 g/mol. The maximum Gasteiger partial charge on any atom is 0.338 e. The first kappa shape index (κ1) is 21.7. The van der Waals surface area contributed by atoms with E-state index in [0.717, 1.165) is 35.2 Å². The van der Waals surface area contributed by atoms with Crippen LogP contribution in [0.15, 0.2) is 40.9 Å². The van der Waals surface area contributed by atoms with E-state index in [2.05, 4.69) is 32.8 Å². The standard InChI is InChI=1S/C26H32BrNO2/c1-2-3-4-6-19-7-5-8-25-24(19)16-15-22-13-14-23(28(22)25)17-18-30-26(29)20-9-11-21(27)12-10-20/h1,3-4,9-12,19,22-25H,5-8,13-18H2/b4-3-/t19-,22-,23+,24+,25-/m0/s1. The number of allylic oxidation sites excluding steroid dienone is 2. The zero-order chi connectivity index (χ0) is 20.9. The maximum absolute atomic E-state index is 12.3. The molecule has 160 valence electrons. The molecule has 3 aliphatic rings. The van der Waals surface area contributed by atoms with E-state index in [4.69, 9.17) is 11.2 Å². The average molecular weight is 470 g/mol. The Morgan fingerprint density at radius 1 is 1.17 bits per heavy atom. The molecule has 0 spiro atoms. The topological polar surface area (TPSA) is 29.5 Å². The fourth-order valence-electron chi connectivity index (χ4n) is 6.18. The summed E-state index contributed by atoms with van der Waals surface area (Å²) >= 11 is 3.40. The zero-order valence-corrected chi connectivity index (χ0v) is 19.2. The Hall–Kier alpha value is -1.57. The Labute approximate surface area is 189 Å². The van der Waals surface area contributed by atoms with E-state index in [1.807, 2.05) is 30.3 Å². The molecule has 0 N–H and O–H groups in total. The number of carbonyl (C=O) groups excluding carboxylic acids is 1. The number of ether oxygens (including phenoxy) is 1. The van der Waals surface area contributed by atoms with Crippen molar-refractivity contribution in [3.8, 4) is 12.3 Å². The number of fused-ring (bicyclic) bond motifs is 3. The molecule has 0 amide bonds. The van der Waals surface area contributed by atoms with Crippen LogP contribution in [-0.4, -0.2) is 35.6 Å². The van der Waals surface area contributed by atoms with Crippen molar-refractivity contribution < 1.29 is 9.53 Å². The van der Waals surface area contributed by atoms with Crippen LogP contribution in [0.5, 0.6) is 0 Å². The quantitative estimate of drug-likeness (QED) is 0.378. The van der Waals surface area contributed by atoms with Gasteiger partial charge in [-0.15, -0.1) is 6.42 Å². The minimum atomic E-state index is -0.216. The Balaban J connectivity index is 1.34. The highest BCUT2D eigenvalue weighted by Gasteiger charge is 2.47. The molecule has 0 bridgehead atoms. The first-order chi connectivity index (χ1) is 14.7. The second-order valence-corrected chi connectivity index (χ2v) is 9.98. The van der Waals surface area contributed by atoms with Gasteiger partial charge in [-0.3, -0.25) is 4.90 Å². The number of esters is 1. The third-order valence-electron chi connectivity index (χ3n) is 7.48. The fraction of sp³-hybridized carbons (Fsp3) is 0.577. The van der Waals surface area contributed by atoms with Crippen LogP contribution >= 0.6 is 15.9 Å². The van der Waals surface area contributed by atoms with Gasteiger partial charge in [0.15, 0.2) is 0 Å². The van der Waals surface area contributed by atoms with Crippen LogP contribution in [-0.2, 0) is 4.74 Å². The van der Waals surface area contributed by atoms with E-state index in [-0.39, 0.29) is 5.97 Å². The third-order valence-corrected chi connectivity index (χ3v) is 8.01. The summed E-state index contributed by atoms with van der Waals surface area (Å²) in [5.41, 5.74) is 0.621. The number of carbonyl (C=O) groups is 1. The van der Waals surface area contributed by atoms with Gasteiger partial charge >= 0.3 is 5.97 Å². The number of hydrogen-bond acceptors (Lipinski definition) is 3. The lowest BCUT2D eigenvalue weighted by Crippen LogP contribution is -2.54. The summed E-state index contributed by atoms with van der Waals surface area (Å²) < 4.78 is 6.59. The average Bonchev–Trinajstić information content (AvgIpc) is 3.18. The Bertz CT molecular complexity index is 796. The highest BCUT2D eigenvalue weighted by Crippen LogP contribution is 2.47. The van der Waals surface area contributed by atoms with Crippen LogP contribution in [0.2, 0.25) is 0 Å². The van der Waals surface area contributed by atoms with Gasteiger partial charge in [0.25, 0.3) is 0 Å². The van der Waals surface area contributed by atoms with Crippen molar-refractivity contribution >= 4 is 21.9 Å². The third kappa shape index (κ3) is 4.84. The molecule has 30 heavy (non-hydrogen) atoms. The lowest BCUT2D eigenvalue weighted by atomic mass is 9.69. The lowest BCUT2D eigenvalue weighted by Gasteiger charge is -2.51. The molecule has 1 aromatic carbocycles. The van der Waals surface area contributed by atoms with E-state index < -0.39 is 0 Å². The highest BCUT2D eigenvalue weighted by molar-refractivity contribution is 9.10. The summed E-state index contributed by atoms with van der Waals surface area (Å²) in [4.78, 5) is 15.2. The first-order valence-electron chi connectivity index (χ1n) is 11.5. The van der Waals surface area contributed by atoms with Crippen LogP contribution in [0, 0.1) is 24.2 Å². The summed E-state index contributed by atoms with van der Waals surface area (Å²) in [5, 5.41) is 0. The molecular weight excluding hydrogens is 438 g/mol. The minimum absolute atomic E-state index is 0.216. The SMILES string of the molecule is C#C/C=C\C[C@H]1CCC[C@H]2[C@@H]1CC[C@@H]1CC[C@H](CCOC(=O)c3ccc(Br)cc3)N12. The predicted molar refractivity (Wildman–Crippen MR) is 124 cm³/mol. The molecule has 5 atom stereocenters. The Morgan fingerprint density at radius 3 is 2.77 bits per heavy atom. The molecule has 0 unspecified atom stereocenters. The molecule has 4 heteroatoms. The van der Waals surface area contributed by atoms with E-state index in [9.17, 15) is 4.79 Å². The van der Waals surface area contributed by atoms with Crippen molar-refractivity contribution in [1.29, 1.82) is 0 Å². The van der Waals surface area contributed by atoms with Gasteiger partial charge in [-0.1, -0.05) is 34.3 Å². The number of piperidine rings is 1. The molecule has 0 aromatic heterocycles. The van der Waals surface area contributed by atoms with Crippen molar-refractivity contribution in [2.24, 2.45) is 11.8 Å². The smallest absolute Gasteiger partial charge is 0.338 e. The minimum Gasteiger partial charge on any atom is -0.462 e. The summed E-state index contributed by atoms with van der Waals surface area (Å²) in [6, 6.07) is 9.37. The van der Waals surface area contributed by atoms with Crippen molar-refractivity contribution in [2.45, 2.75) is 75.9 Å². The van der Waals surface area contributed by atoms with Crippen molar-refractivity contribution in [2.75, 3.05) is 6.61 Å². The number of nitrogens with zero attached hydrogens (tertiary/aromatic N) is 1. The summed E-state index contributed by atoms with van der Waals surface area (Å²) in [6.07, 6.45) is 20.8. The summed E-state index contributed by atoms with van der Waals surface area (Å²) in [5.74, 6) is 3.98. The second kappa shape index (κ2) is 10.2. The van der Waals surface area contributed by atoms with Gasteiger partial charge in [0, 0.05) is 22.6 Å². The first-order valence-corrected chi connectivity index (χ1v) is 12.3. The molecular formula is C26H32BrNO2. The van der Waals surface area contributed by atoms with E-state index in [1.54, 1.807) is 0 Å².